The van der Waals surface area contributed by atoms with Gasteiger partial charge in [-0.05, 0) is 30.9 Å². The molecule has 1 fully saturated rings. The van der Waals surface area contributed by atoms with Crippen LogP contribution in [0.1, 0.15) is 19.8 Å². The fourth-order valence-electron chi connectivity index (χ4n) is 1.97. The topological polar surface area (TPSA) is 49.8 Å². The predicted octanol–water partition coefficient (Wildman–Crippen LogP) is 1.28. The summed E-state index contributed by atoms with van der Waals surface area (Å²) >= 11 is 0. The number of rotatable bonds is 3. The molecule has 0 radical (unpaired) electrons. The quantitative estimate of drug-likeness (QED) is 0.782. The lowest BCUT2D eigenvalue weighted by atomic mass is 9.83. The zero-order chi connectivity index (χ0) is 10.6. The third-order valence-electron chi connectivity index (χ3n) is 2.96. The maximum absolute atomic E-state index is 4.15. The molecule has 82 valence electrons. The summed E-state index contributed by atoms with van der Waals surface area (Å²) in [5.74, 6) is 0.914. The van der Waals surface area contributed by atoms with Crippen molar-refractivity contribution < 1.29 is 0 Å². The maximum Gasteiger partial charge on any atom is 0.129 e. The third kappa shape index (κ3) is 2.89. The minimum Gasteiger partial charge on any atom is -0.369 e. The standard InChI is InChI=1S/C11H18N4/c1-11(4-2-5-12-7-11)8-14-10-3-6-13-9-15-10/h3,6,9,12H,2,4-5,7-8H2,1H3,(H,13,14,15). The molecule has 0 aliphatic carbocycles. The Labute approximate surface area is 90.5 Å². The molecule has 2 rings (SSSR count). The van der Waals surface area contributed by atoms with Gasteiger partial charge in [0.1, 0.15) is 12.1 Å². The van der Waals surface area contributed by atoms with E-state index in [1.807, 2.05) is 6.07 Å². The number of hydrogen-bond donors (Lipinski definition) is 2. The van der Waals surface area contributed by atoms with Crippen LogP contribution in [0, 0.1) is 5.41 Å². The number of piperidine rings is 1. The lowest BCUT2D eigenvalue weighted by Crippen LogP contribution is -2.42. The first-order valence-electron chi connectivity index (χ1n) is 5.49. The van der Waals surface area contributed by atoms with Crippen molar-refractivity contribution in [3.63, 3.8) is 0 Å². The summed E-state index contributed by atoms with van der Waals surface area (Å²) in [7, 11) is 0. The van der Waals surface area contributed by atoms with Crippen molar-refractivity contribution in [1.29, 1.82) is 0 Å². The number of nitrogens with zero attached hydrogens (tertiary/aromatic N) is 2. The van der Waals surface area contributed by atoms with E-state index in [2.05, 4.69) is 27.5 Å². The molecule has 0 spiro atoms. The fraction of sp³-hybridized carbons (Fsp3) is 0.636. The largest absolute Gasteiger partial charge is 0.369 e. The van der Waals surface area contributed by atoms with Crippen molar-refractivity contribution >= 4 is 5.82 Å². The van der Waals surface area contributed by atoms with Crippen LogP contribution in [-0.2, 0) is 0 Å². The van der Waals surface area contributed by atoms with Crippen LogP contribution in [0.15, 0.2) is 18.6 Å². The maximum atomic E-state index is 4.15. The number of aromatic nitrogens is 2. The van der Waals surface area contributed by atoms with E-state index in [0.717, 1.165) is 25.5 Å². The minimum absolute atomic E-state index is 0.350. The Morgan fingerprint density at radius 1 is 1.60 bits per heavy atom. The summed E-state index contributed by atoms with van der Waals surface area (Å²) in [4.78, 5) is 8.05. The first-order valence-corrected chi connectivity index (χ1v) is 5.49. The molecule has 0 bridgehead atoms. The normalized spacial score (nSPS) is 26.2. The predicted molar refractivity (Wildman–Crippen MR) is 60.7 cm³/mol. The average Bonchev–Trinajstić information content (AvgIpc) is 2.29. The summed E-state index contributed by atoms with van der Waals surface area (Å²) < 4.78 is 0. The Bertz CT molecular complexity index is 293. The van der Waals surface area contributed by atoms with Crippen molar-refractivity contribution in [1.82, 2.24) is 15.3 Å². The highest BCUT2D eigenvalue weighted by atomic mass is 15.0. The van der Waals surface area contributed by atoms with E-state index in [1.54, 1.807) is 12.5 Å². The Morgan fingerprint density at radius 3 is 3.20 bits per heavy atom. The Morgan fingerprint density at radius 2 is 2.53 bits per heavy atom. The van der Waals surface area contributed by atoms with Gasteiger partial charge in [-0.15, -0.1) is 0 Å². The molecule has 4 heteroatoms. The van der Waals surface area contributed by atoms with Gasteiger partial charge in [-0.25, -0.2) is 9.97 Å². The molecular weight excluding hydrogens is 188 g/mol. The van der Waals surface area contributed by atoms with Crippen LogP contribution in [0.3, 0.4) is 0 Å². The minimum atomic E-state index is 0.350. The van der Waals surface area contributed by atoms with Gasteiger partial charge >= 0.3 is 0 Å². The van der Waals surface area contributed by atoms with E-state index in [0.29, 0.717) is 5.41 Å². The summed E-state index contributed by atoms with van der Waals surface area (Å²) in [5, 5.41) is 6.80. The van der Waals surface area contributed by atoms with E-state index >= 15 is 0 Å². The van der Waals surface area contributed by atoms with E-state index in [4.69, 9.17) is 0 Å². The second-order valence-corrected chi connectivity index (χ2v) is 4.54. The molecule has 4 nitrogen and oxygen atoms in total. The van der Waals surface area contributed by atoms with Crippen LogP contribution in [0.25, 0.3) is 0 Å². The van der Waals surface area contributed by atoms with Crippen molar-refractivity contribution in [2.75, 3.05) is 25.0 Å². The third-order valence-corrected chi connectivity index (χ3v) is 2.96. The molecular formula is C11H18N4. The zero-order valence-electron chi connectivity index (χ0n) is 9.16. The molecule has 1 aromatic rings. The molecule has 2 N–H and O–H groups in total. The van der Waals surface area contributed by atoms with Crippen LogP contribution in [0.2, 0.25) is 0 Å². The first kappa shape index (κ1) is 10.4. The molecule has 1 aliphatic heterocycles. The van der Waals surface area contributed by atoms with Gasteiger partial charge in [-0.3, -0.25) is 0 Å². The lowest BCUT2D eigenvalue weighted by Gasteiger charge is -2.34. The molecule has 15 heavy (non-hydrogen) atoms. The van der Waals surface area contributed by atoms with E-state index in [1.165, 1.54) is 12.8 Å². The molecule has 0 aromatic carbocycles. The summed E-state index contributed by atoms with van der Waals surface area (Å²) in [6.45, 7) is 5.53. The average molecular weight is 206 g/mol. The number of nitrogens with one attached hydrogen (secondary N) is 2. The molecule has 2 heterocycles. The highest BCUT2D eigenvalue weighted by Gasteiger charge is 2.26. The van der Waals surface area contributed by atoms with Crippen molar-refractivity contribution in [2.45, 2.75) is 19.8 Å². The first-order chi connectivity index (χ1) is 7.29. The van der Waals surface area contributed by atoms with Crippen molar-refractivity contribution in [2.24, 2.45) is 5.41 Å². The van der Waals surface area contributed by atoms with Crippen LogP contribution in [0.4, 0.5) is 5.82 Å². The van der Waals surface area contributed by atoms with Gasteiger partial charge in [0, 0.05) is 19.3 Å². The van der Waals surface area contributed by atoms with Gasteiger partial charge < -0.3 is 10.6 Å². The molecule has 1 aliphatic rings. The van der Waals surface area contributed by atoms with Crippen LogP contribution >= 0.6 is 0 Å². The van der Waals surface area contributed by atoms with Crippen molar-refractivity contribution in [3.8, 4) is 0 Å². The molecule has 0 amide bonds. The zero-order valence-corrected chi connectivity index (χ0v) is 9.16. The summed E-state index contributed by atoms with van der Waals surface area (Å²) in [6.07, 6.45) is 5.88. The lowest BCUT2D eigenvalue weighted by molar-refractivity contribution is 0.253. The van der Waals surface area contributed by atoms with Gasteiger partial charge in [0.05, 0.1) is 0 Å². The van der Waals surface area contributed by atoms with Crippen LogP contribution in [-0.4, -0.2) is 29.6 Å². The summed E-state index contributed by atoms with van der Waals surface area (Å²) in [6, 6.07) is 1.90. The van der Waals surface area contributed by atoms with Gasteiger partial charge in [0.2, 0.25) is 0 Å². The summed E-state index contributed by atoms with van der Waals surface area (Å²) in [5.41, 5.74) is 0.350. The smallest absolute Gasteiger partial charge is 0.129 e. The second-order valence-electron chi connectivity index (χ2n) is 4.54. The highest BCUT2D eigenvalue weighted by molar-refractivity contribution is 5.31. The monoisotopic (exact) mass is 206 g/mol. The van der Waals surface area contributed by atoms with E-state index in [-0.39, 0.29) is 0 Å². The number of anilines is 1. The molecule has 1 aromatic heterocycles. The van der Waals surface area contributed by atoms with Gasteiger partial charge in [-0.2, -0.15) is 0 Å². The molecule has 0 saturated carbocycles. The Hall–Kier alpha value is -1.16. The van der Waals surface area contributed by atoms with Crippen LogP contribution < -0.4 is 10.6 Å². The SMILES string of the molecule is CC1(CNc2ccncn2)CCCNC1. The fourth-order valence-corrected chi connectivity index (χ4v) is 1.97. The van der Waals surface area contributed by atoms with Gasteiger partial charge in [-0.1, -0.05) is 6.92 Å². The highest BCUT2D eigenvalue weighted by Crippen LogP contribution is 2.25. The van der Waals surface area contributed by atoms with Crippen molar-refractivity contribution in [3.05, 3.63) is 18.6 Å². The molecule has 1 saturated heterocycles. The van der Waals surface area contributed by atoms with E-state index in [9.17, 15) is 0 Å². The molecule has 1 unspecified atom stereocenters. The second kappa shape index (κ2) is 4.57. The van der Waals surface area contributed by atoms with E-state index < -0.39 is 0 Å². The number of hydrogen-bond acceptors (Lipinski definition) is 4. The molecule has 1 atom stereocenters. The van der Waals surface area contributed by atoms with Gasteiger partial charge in [0.25, 0.3) is 0 Å². The Kier molecular flexibility index (Phi) is 3.16. The van der Waals surface area contributed by atoms with Gasteiger partial charge in [0.15, 0.2) is 0 Å². The van der Waals surface area contributed by atoms with Crippen LogP contribution in [0.5, 0.6) is 0 Å². The Balaban J connectivity index is 1.87.